The molecule has 0 aliphatic heterocycles. The fourth-order valence-corrected chi connectivity index (χ4v) is 2.13. The molecule has 1 fully saturated rings. The van der Waals surface area contributed by atoms with Gasteiger partial charge in [-0.25, -0.2) is 0 Å². The van der Waals surface area contributed by atoms with E-state index in [1.54, 1.807) is 0 Å². The predicted molar refractivity (Wildman–Crippen MR) is 57.0 cm³/mol. The predicted octanol–water partition coefficient (Wildman–Crippen LogP) is 3.30. The van der Waals surface area contributed by atoms with E-state index in [2.05, 4.69) is 6.92 Å². The van der Waals surface area contributed by atoms with Gasteiger partial charge in [-0.3, -0.25) is 4.79 Å². The van der Waals surface area contributed by atoms with Gasteiger partial charge in [-0.1, -0.05) is 19.8 Å². The molecule has 0 spiro atoms. The minimum Gasteiger partial charge on any atom is -0.460 e. The maximum atomic E-state index is 11.6. The molecule has 82 valence electrons. The van der Waals surface area contributed by atoms with Crippen molar-refractivity contribution in [2.24, 2.45) is 5.41 Å². The number of rotatable bonds is 2. The van der Waals surface area contributed by atoms with Crippen LogP contribution in [0.3, 0.4) is 0 Å². The van der Waals surface area contributed by atoms with Gasteiger partial charge in [0, 0.05) is 0 Å². The summed E-state index contributed by atoms with van der Waals surface area (Å²) in [5.74, 6) is -0.0399. The van der Waals surface area contributed by atoms with Gasteiger partial charge in [0.2, 0.25) is 0 Å². The van der Waals surface area contributed by atoms with Gasteiger partial charge in [0.1, 0.15) is 5.60 Å². The summed E-state index contributed by atoms with van der Waals surface area (Å²) in [6, 6.07) is 0. The molecule has 0 amide bonds. The molecular weight excluding hydrogens is 176 g/mol. The number of carbonyl (C=O) groups is 1. The highest BCUT2D eigenvalue weighted by Crippen LogP contribution is 2.40. The number of hydrogen-bond acceptors (Lipinski definition) is 2. The second kappa shape index (κ2) is 3.92. The molecule has 1 saturated carbocycles. The molecule has 0 aromatic carbocycles. The quantitative estimate of drug-likeness (QED) is 0.636. The highest BCUT2D eigenvalue weighted by molar-refractivity contribution is 5.70. The molecule has 0 atom stereocenters. The fraction of sp³-hybridized carbons (Fsp3) is 0.917. The maximum Gasteiger partial charge on any atom is 0.306 e. The van der Waals surface area contributed by atoms with Crippen molar-refractivity contribution < 1.29 is 9.53 Å². The summed E-state index contributed by atoms with van der Waals surface area (Å²) in [6.07, 6.45) is 5.46. The summed E-state index contributed by atoms with van der Waals surface area (Å²) >= 11 is 0. The minimum atomic E-state index is -0.341. The highest BCUT2D eigenvalue weighted by Gasteiger charge is 2.32. The van der Waals surface area contributed by atoms with Gasteiger partial charge in [-0.2, -0.15) is 0 Å². The molecule has 2 heteroatoms. The zero-order chi connectivity index (χ0) is 10.8. The lowest BCUT2D eigenvalue weighted by molar-refractivity contribution is -0.157. The Kier molecular flexibility index (Phi) is 3.23. The Balaban J connectivity index is 2.40. The second-order valence-electron chi connectivity index (χ2n) is 5.78. The van der Waals surface area contributed by atoms with Gasteiger partial charge in [0.05, 0.1) is 6.42 Å². The van der Waals surface area contributed by atoms with E-state index in [4.69, 9.17) is 4.74 Å². The summed E-state index contributed by atoms with van der Waals surface area (Å²) in [6.45, 7) is 7.95. The normalized spacial score (nSPS) is 20.9. The maximum absolute atomic E-state index is 11.6. The molecule has 0 saturated heterocycles. The molecular formula is C12H22O2. The van der Waals surface area contributed by atoms with Crippen molar-refractivity contribution in [2.45, 2.75) is 65.4 Å². The first kappa shape index (κ1) is 11.5. The zero-order valence-electron chi connectivity index (χ0n) is 9.85. The first-order chi connectivity index (χ1) is 6.31. The van der Waals surface area contributed by atoms with Gasteiger partial charge in [0.25, 0.3) is 0 Å². The van der Waals surface area contributed by atoms with E-state index in [9.17, 15) is 4.79 Å². The van der Waals surface area contributed by atoms with Crippen molar-refractivity contribution in [3.8, 4) is 0 Å². The summed E-state index contributed by atoms with van der Waals surface area (Å²) in [7, 11) is 0. The minimum absolute atomic E-state index is 0.0399. The first-order valence-electron chi connectivity index (χ1n) is 5.53. The average Bonchev–Trinajstić information content (AvgIpc) is 2.30. The van der Waals surface area contributed by atoms with Crippen LogP contribution in [0.4, 0.5) is 0 Å². The standard InChI is InChI=1S/C12H22O2/c1-11(2,3)14-10(13)9-12(4)7-5-6-8-12/h5-9H2,1-4H3. The largest absolute Gasteiger partial charge is 0.460 e. The van der Waals surface area contributed by atoms with Crippen LogP contribution in [0.25, 0.3) is 0 Å². The molecule has 0 bridgehead atoms. The van der Waals surface area contributed by atoms with Crippen molar-refractivity contribution >= 4 is 5.97 Å². The topological polar surface area (TPSA) is 26.3 Å². The van der Waals surface area contributed by atoms with Crippen molar-refractivity contribution in [3.05, 3.63) is 0 Å². The van der Waals surface area contributed by atoms with Gasteiger partial charge in [0.15, 0.2) is 0 Å². The SMILES string of the molecule is CC1(CC(=O)OC(C)(C)C)CCCC1. The molecule has 1 rings (SSSR count). The smallest absolute Gasteiger partial charge is 0.306 e. The Morgan fingerprint density at radius 1 is 1.29 bits per heavy atom. The first-order valence-corrected chi connectivity index (χ1v) is 5.53. The molecule has 0 heterocycles. The number of carbonyl (C=O) groups excluding carboxylic acids is 1. The van der Waals surface area contributed by atoms with Gasteiger partial charge >= 0.3 is 5.97 Å². The molecule has 1 aliphatic rings. The van der Waals surface area contributed by atoms with Crippen LogP contribution < -0.4 is 0 Å². The lowest BCUT2D eigenvalue weighted by Gasteiger charge is -2.25. The van der Waals surface area contributed by atoms with E-state index in [1.807, 2.05) is 20.8 Å². The molecule has 1 aliphatic carbocycles. The molecule has 0 radical (unpaired) electrons. The second-order valence-corrected chi connectivity index (χ2v) is 5.78. The average molecular weight is 198 g/mol. The third-order valence-electron chi connectivity index (χ3n) is 2.80. The summed E-state index contributed by atoms with van der Waals surface area (Å²) in [5, 5.41) is 0. The van der Waals surface area contributed by atoms with Crippen LogP contribution in [-0.4, -0.2) is 11.6 Å². The third kappa shape index (κ3) is 3.69. The van der Waals surface area contributed by atoms with Crippen LogP contribution in [0.5, 0.6) is 0 Å². The number of ether oxygens (including phenoxy) is 1. The van der Waals surface area contributed by atoms with Crippen LogP contribution in [0.15, 0.2) is 0 Å². The van der Waals surface area contributed by atoms with Crippen LogP contribution in [0.1, 0.15) is 59.8 Å². The van der Waals surface area contributed by atoms with Crippen LogP contribution in [0.2, 0.25) is 0 Å². The highest BCUT2D eigenvalue weighted by atomic mass is 16.6. The van der Waals surface area contributed by atoms with E-state index in [0.717, 1.165) is 0 Å². The van der Waals surface area contributed by atoms with Gasteiger partial charge in [-0.15, -0.1) is 0 Å². The summed E-state index contributed by atoms with van der Waals surface area (Å²) < 4.78 is 5.33. The molecule has 14 heavy (non-hydrogen) atoms. The Labute approximate surface area is 87.0 Å². The molecule has 0 unspecified atom stereocenters. The molecule has 0 aromatic heterocycles. The fourth-order valence-electron chi connectivity index (χ4n) is 2.13. The van der Waals surface area contributed by atoms with Crippen LogP contribution >= 0.6 is 0 Å². The van der Waals surface area contributed by atoms with E-state index in [0.29, 0.717) is 6.42 Å². The van der Waals surface area contributed by atoms with Crippen molar-refractivity contribution in [1.29, 1.82) is 0 Å². The van der Waals surface area contributed by atoms with Crippen LogP contribution in [-0.2, 0) is 9.53 Å². The van der Waals surface area contributed by atoms with E-state index < -0.39 is 0 Å². The number of esters is 1. The van der Waals surface area contributed by atoms with Crippen molar-refractivity contribution in [2.75, 3.05) is 0 Å². The van der Waals surface area contributed by atoms with Crippen LogP contribution in [0, 0.1) is 5.41 Å². The summed E-state index contributed by atoms with van der Waals surface area (Å²) in [4.78, 5) is 11.6. The van der Waals surface area contributed by atoms with Gasteiger partial charge < -0.3 is 4.74 Å². The Bertz CT molecular complexity index is 207. The monoisotopic (exact) mass is 198 g/mol. The Hall–Kier alpha value is -0.530. The summed E-state index contributed by atoms with van der Waals surface area (Å²) in [5.41, 5.74) is -0.131. The van der Waals surface area contributed by atoms with E-state index in [-0.39, 0.29) is 17.0 Å². The third-order valence-corrected chi connectivity index (χ3v) is 2.80. The molecule has 0 N–H and O–H groups in total. The Morgan fingerprint density at radius 2 is 1.79 bits per heavy atom. The van der Waals surface area contributed by atoms with Gasteiger partial charge in [-0.05, 0) is 39.0 Å². The van der Waals surface area contributed by atoms with E-state index >= 15 is 0 Å². The lowest BCUT2D eigenvalue weighted by atomic mass is 9.85. The zero-order valence-corrected chi connectivity index (χ0v) is 9.85. The van der Waals surface area contributed by atoms with E-state index in [1.165, 1.54) is 25.7 Å². The molecule has 0 aromatic rings. The molecule has 2 nitrogen and oxygen atoms in total. The van der Waals surface area contributed by atoms with Crippen molar-refractivity contribution in [3.63, 3.8) is 0 Å². The van der Waals surface area contributed by atoms with Crippen molar-refractivity contribution in [1.82, 2.24) is 0 Å². The number of hydrogen-bond donors (Lipinski definition) is 0. The Morgan fingerprint density at radius 3 is 2.21 bits per heavy atom. The lowest BCUT2D eigenvalue weighted by Crippen LogP contribution is -2.27.